The largest absolute Gasteiger partial charge is 0.490 e. The van der Waals surface area contributed by atoms with Crippen LogP contribution in [0.2, 0.25) is 0 Å². The Morgan fingerprint density at radius 2 is 0.295 bits per heavy atom. The lowest BCUT2D eigenvalue weighted by molar-refractivity contribution is 0.198. The van der Waals surface area contributed by atoms with Crippen molar-refractivity contribution in [1.82, 2.24) is 0 Å². The average Bonchev–Trinajstić information content (AvgIpc) is 2.28. The summed E-state index contributed by atoms with van der Waals surface area (Å²) in [5.41, 5.74) is 0. The van der Waals surface area contributed by atoms with Crippen LogP contribution in [0.1, 0.15) is 0 Å². The van der Waals surface area contributed by atoms with E-state index in [2.05, 4.69) is 25.9 Å². The number of rotatable bonds is 12. The van der Waals surface area contributed by atoms with Crippen molar-refractivity contribution in [2.75, 3.05) is 0 Å². The Morgan fingerprint density at radius 1 is 0.227 bits per heavy atom. The maximum atomic E-state index is 10.4. The SMILES string of the molecule is O=P(O)(O)OP(=O)(O)OP(=O)(O)O.O=P(O)(O)OP(=O)(O)OP(=O)(O)O.O=P(O)(O)OP(=O)(O)OP(=O)(O)O.[Al].[Al].[Al].[Al].[Al]. The molecule has 0 aliphatic rings. The van der Waals surface area contributed by atoms with Crippen molar-refractivity contribution in [3.05, 3.63) is 0 Å². The van der Waals surface area contributed by atoms with Crippen molar-refractivity contribution in [3.8, 4) is 0 Å². The molecular formula is H15Al5O30P9. The molecule has 0 saturated heterocycles. The van der Waals surface area contributed by atoms with Crippen molar-refractivity contribution in [1.29, 1.82) is 0 Å². The van der Waals surface area contributed by atoms with Crippen LogP contribution in [0.4, 0.5) is 0 Å². The third-order valence-corrected chi connectivity index (χ3v) is 11.3. The van der Waals surface area contributed by atoms with Crippen LogP contribution < -0.4 is 0 Å². The molecule has 15 radical (unpaired) electrons. The minimum atomic E-state index is -5.46. The van der Waals surface area contributed by atoms with Gasteiger partial charge in [0.05, 0.1) is 0 Å². The van der Waals surface area contributed by atoms with E-state index in [0.29, 0.717) is 0 Å². The second-order valence-corrected chi connectivity index (χ2v) is 17.5. The van der Waals surface area contributed by atoms with E-state index in [4.69, 9.17) is 73.4 Å². The summed E-state index contributed by atoms with van der Waals surface area (Å²) in [5, 5.41) is 0. The summed E-state index contributed by atoms with van der Waals surface area (Å²) >= 11 is 0. The summed E-state index contributed by atoms with van der Waals surface area (Å²) in [5.74, 6) is 0. The van der Waals surface area contributed by atoms with Crippen LogP contribution in [0.5, 0.6) is 0 Å². The Balaban J connectivity index is -0.0000000697. The first-order valence-corrected chi connectivity index (χ1v) is 20.5. The number of hydrogen-bond acceptors (Lipinski definition) is 15. The zero-order valence-corrected chi connectivity index (χ0v) is 33.6. The molecule has 0 aliphatic carbocycles. The van der Waals surface area contributed by atoms with Gasteiger partial charge in [-0.1, -0.05) is 0 Å². The van der Waals surface area contributed by atoms with Gasteiger partial charge in [0.25, 0.3) is 0 Å². The van der Waals surface area contributed by atoms with Gasteiger partial charge in [-0.3, -0.25) is 0 Å². The molecule has 0 heterocycles. The van der Waals surface area contributed by atoms with E-state index >= 15 is 0 Å². The molecule has 0 aromatic rings. The van der Waals surface area contributed by atoms with Gasteiger partial charge in [-0.05, 0) is 0 Å². The first-order chi connectivity index (χ1) is 16.2. The highest BCUT2D eigenvalue weighted by atomic mass is 31.3. The standard InChI is InChI=1S/5Al.3H5O10P3/c;;;;;3*1-11(2,3)9-13(7,8)10-12(4,5)6/h;;;;;3*(H,7,8)(H2,1,2,3)(H2,4,5,6). The summed E-state index contributed by atoms with van der Waals surface area (Å²) in [6, 6.07) is 0. The van der Waals surface area contributed by atoms with Crippen molar-refractivity contribution in [2.45, 2.75) is 0 Å². The molecule has 255 valence electrons. The van der Waals surface area contributed by atoms with Crippen molar-refractivity contribution >= 4 is 157 Å². The molecular weight excluding hydrogens is 894 g/mol. The maximum Gasteiger partial charge on any atom is 0.490 e. The van der Waals surface area contributed by atoms with Gasteiger partial charge in [0.15, 0.2) is 0 Å². The summed E-state index contributed by atoms with van der Waals surface area (Å²) in [6.07, 6.45) is 0. The number of hydrogen-bond donors (Lipinski definition) is 15. The quantitative estimate of drug-likeness (QED) is 0.0655. The van der Waals surface area contributed by atoms with E-state index in [1.807, 2.05) is 0 Å². The summed E-state index contributed by atoms with van der Waals surface area (Å²) in [7, 11) is -48.5. The predicted octanol–water partition coefficient (Wildman–Crippen LogP) is -3.99. The van der Waals surface area contributed by atoms with Crippen LogP contribution >= 0.6 is 70.4 Å². The molecule has 0 rings (SSSR count). The molecule has 44 heteroatoms. The van der Waals surface area contributed by atoms with Gasteiger partial charge in [-0.25, -0.2) is 41.1 Å². The summed E-state index contributed by atoms with van der Waals surface area (Å²) in [6.45, 7) is 0. The van der Waals surface area contributed by atoms with Gasteiger partial charge >= 0.3 is 70.4 Å². The lowest BCUT2D eigenvalue weighted by Crippen LogP contribution is -1.92. The minimum Gasteiger partial charge on any atom is -0.302 e. The fourth-order valence-corrected chi connectivity index (χ4v) is 8.47. The zero-order valence-electron chi connectivity index (χ0n) is 19.7. The molecule has 0 saturated carbocycles. The smallest absolute Gasteiger partial charge is 0.302 e. The van der Waals surface area contributed by atoms with Gasteiger partial charge < -0.3 is 73.4 Å². The molecule has 0 bridgehead atoms. The van der Waals surface area contributed by atoms with Crippen molar-refractivity contribution in [3.63, 3.8) is 0 Å². The molecule has 44 heavy (non-hydrogen) atoms. The van der Waals surface area contributed by atoms with Crippen LogP contribution in [0, 0.1) is 0 Å². The molecule has 0 amide bonds. The van der Waals surface area contributed by atoms with Gasteiger partial charge in [0, 0.05) is 86.8 Å². The third-order valence-electron chi connectivity index (χ3n) is 1.26. The highest BCUT2D eigenvalue weighted by Gasteiger charge is 2.40. The highest BCUT2D eigenvalue weighted by Crippen LogP contribution is 2.66. The van der Waals surface area contributed by atoms with Gasteiger partial charge in [-0.2, -0.15) is 25.9 Å². The lowest BCUT2D eigenvalue weighted by atomic mass is 15.7. The topological polar surface area (TPSA) is 512 Å². The second-order valence-electron chi connectivity index (χ2n) is 4.84. The number of phosphoric acid groups is 9. The second kappa shape index (κ2) is 24.2. The Morgan fingerprint density at radius 3 is 0.341 bits per heavy atom. The van der Waals surface area contributed by atoms with E-state index in [1.165, 1.54) is 0 Å². The first kappa shape index (κ1) is 66.2. The van der Waals surface area contributed by atoms with Crippen molar-refractivity contribution < 1.29 is 140 Å². The Bertz CT molecular complexity index is 991. The molecule has 0 fully saturated rings. The van der Waals surface area contributed by atoms with Crippen LogP contribution in [0.3, 0.4) is 0 Å². The van der Waals surface area contributed by atoms with Crippen LogP contribution in [0.15, 0.2) is 0 Å². The monoisotopic (exact) mass is 909 g/mol. The Labute approximate surface area is 295 Å². The minimum absolute atomic E-state index is 0. The summed E-state index contributed by atoms with van der Waals surface area (Å²) < 4.78 is 109. The zero-order chi connectivity index (χ0) is 32.7. The molecule has 0 aliphatic heterocycles. The average molecular weight is 909 g/mol. The van der Waals surface area contributed by atoms with Gasteiger partial charge in [-0.15, -0.1) is 0 Å². The molecule has 0 aromatic heterocycles. The molecule has 30 nitrogen and oxygen atoms in total. The van der Waals surface area contributed by atoms with E-state index in [-0.39, 0.29) is 86.8 Å². The van der Waals surface area contributed by atoms with Crippen LogP contribution in [-0.4, -0.2) is 160 Å². The first-order valence-electron chi connectivity index (χ1n) is 6.83. The fourth-order valence-electron chi connectivity index (χ4n) is 0.851. The molecule has 15 N–H and O–H groups in total. The molecule has 0 atom stereocenters. The van der Waals surface area contributed by atoms with E-state index in [1.54, 1.807) is 0 Å². The summed E-state index contributed by atoms with van der Waals surface area (Å²) in [4.78, 5) is 121. The predicted molar refractivity (Wildman–Crippen MR) is 137 cm³/mol. The highest BCUT2D eigenvalue weighted by molar-refractivity contribution is 7.67. The third kappa shape index (κ3) is 58.1. The maximum absolute atomic E-state index is 10.4. The molecule has 0 spiro atoms. The molecule has 0 aromatic carbocycles. The normalized spacial score (nSPS) is 12.9. The van der Waals surface area contributed by atoms with Crippen molar-refractivity contribution in [2.24, 2.45) is 0 Å². The lowest BCUT2D eigenvalue weighted by Gasteiger charge is -2.12. The van der Waals surface area contributed by atoms with E-state index < -0.39 is 70.4 Å². The molecule has 0 unspecified atom stereocenters. The fraction of sp³-hybridized carbons (Fsp3) is 0. The van der Waals surface area contributed by atoms with E-state index in [0.717, 1.165) is 0 Å². The Kier molecular flexibility index (Phi) is 36.4. The van der Waals surface area contributed by atoms with Crippen LogP contribution in [-0.2, 0) is 66.9 Å². The van der Waals surface area contributed by atoms with Crippen LogP contribution in [0.25, 0.3) is 0 Å². The van der Waals surface area contributed by atoms with Gasteiger partial charge in [0.2, 0.25) is 0 Å². The van der Waals surface area contributed by atoms with E-state index in [9.17, 15) is 41.1 Å². The Hall–Kier alpha value is 3.89. The van der Waals surface area contributed by atoms with Gasteiger partial charge in [0.1, 0.15) is 0 Å².